The zero-order valence-corrected chi connectivity index (χ0v) is 16.5. The number of hydrogen-bond donors (Lipinski definition) is 2. The number of benzene rings is 1. The maximum atomic E-state index is 5.39. The highest BCUT2D eigenvalue weighted by molar-refractivity contribution is 5.79. The van der Waals surface area contributed by atoms with Crippen LogP contribution in [0.15, 0.2) is 35.3 Å². The molecule has 0 bridgehead atoms. The predicted molar refractivity (Wildman–Crippen MR) is 110 cm³/mol. The molecule has 0 aliphatic carbocycles. The monoisotopic (exact) mass is 360 g/mol. The molecule has 1 saturated heterocycles. The largest absolute Gasteiger partial charge is 0.382 e. The Kier molecular flexibility index (Phi) is 10.1. The van der Waals surface area contributed by atoms with E-state index in [0.717, 1.165) is 51.6 Å². The lowest BCUT2D eigenvalue weighted by atomic mass is 10.1. The van der Waals surface area contributed by atoms with Gasteiger partial charge < -0.3 is 15.4 Å². The Morgan fingerprint density at radius 2 is 1.88 bits per heavy atom. The van der Waals surface area contributed by atoms with E-state index in [-0.39, 0.29) is 0 Å². The van der Waals surface area contributed by atoms with Gasteiger partial charge in [-0.1, -0.05) is 30.3 Å². The van der Waals surface area contributed by atoms with E-state index in [1.54, 1.807) is 0 Å². The molecule has 0 amide bonds. The molecular formula is C21H36N4O. The second-order valence-corrected chi connectivity index (χ2v) is 6.72. The first-order valence-corrected chi connectivity index (χ1v) is 10.2. The van der Waals surface area contributed by atoms with E-state index in [2.05, 4.69) is 52.8 Å². The average Bonchev–Trinajstić information content (AvgIpc) is 3.20. The third-order valence-electron chi connectivity index (χ3n) is 4.74. The lowest BCUT2D eigenvalue weighted by molar-refractivity contribution is 0.143. The van der Waals surface area contributed by atoms with Crippen molar-refractivity contribution in [2.75, 3.05) is 45.9 Å². The van der Waals surface area contributed by atoms with Crippen LogP contribution in [0.5, 0.6) is 0 Å². The highest BCUT2D eigenvalue weighted by atomic mass is 16.5. The van der Waals surface area contributed by atoms with Crippen molar-refractivity contribution in [2.24, 2.45) is 4.99 Å². The third-order valence-corrected chi connectivity index (χ3v) is 4.74. The van der Waals surface area contributed by atoms with Gasteiger partial charge in [0.25, 0.3) is 0 Å². The standard InChI is InChI=1S/C21H36N4O/c1-3-22-21(23-14-8-11-17-26-4-2)24-18-20(25-15-9-10-16-25)19-12-6-5-7-13-19/h5-7,12-13,20H,3-4,8-11,14-18H2,1-2H3,(H2,22,23,24). The van der Waals surface area contributed by atoms with Gasteiger partial charge in [-0.25, -0.2) is 0 Å². The first-order valence-electron chi connectivity index (χ1n) is 10.2. The van der Waals surface area contributed by atoms with E-state index in [1.165, 1.54) is 31.5 Å². The van der Waals surface area contributed by atoms with E-state index in [4.69, 9.17) is 9.73 Å². The molecule has 0 aromatic heterocycles. The average molecular weight is 361 g/mol. The van der Waals surface area contributed by atoms with Gasteiger partial charge in [0.1, 0.15) is 0 Å². The van der Waals surface area contributed by atoms with Crippen molar-refractivity contribution in [1.82, 2.24) is 15.5 Å². The highest BCUT2D eigenvalue weighted by Crippen LogP contribution is 2.25. The maximum Gasteiger partial charge on any atom is 0.191 e. The minimum absolute atomic E-state index is 0.368. The van der Waals surface area contributed by atoms with Crippen molar-refractivity contribution < 1.29 is 4.74 Å². The van der Waals surface area contributed by atoms with Gasteiger partial charge >= 0.3 is 0 Å². The van der Waals surface area contributed by atoms with E-state index < -0.39 is 0 Å². The molecule has 0 spiro atoms. The smallest absolute Gasteiger partial charge is 0.191 e. The van der Waals surface area contributed by atoms with Crippen molar-refractivity contribution >= 4 is 5.96 Å². The Balaban J connectivity index is 1.90. The summed E-state index contributed by atoms with van der Waals surface area (Å²) in [5.74, 6) is 0.920. The summed E-state index contributed by atoms with van der Waals surface area (Å²) in [6.45, 7) is 10.7. The van der Waals surface area contributed by atoms with Crippen molar-refractivity contribution in [2.45, 2.75) is 45.6 Å². The fourth-order valence-electron chi connectivity index (χ4n) is 3.36. The van der Waals surface area contributed by atoms with Gasteiger partial charge in [-0.15, -0.1) is 0 Å². The zero-order chi connectivity index (χ0) is 18.5. The summed E-state index contributed by atoms with van der Waals surface area (Å²) < 4.78 is 5.39. The summed E-state index contributed by atoms with van der Waals surface area (Å²) in [6.07, 6.45) is 4.77. The molecule has 1 aliphatic rings. The normalized spacial score (nSPS) is 16.6. The molecule has 146 valence electrons. The van der Waals surface area contributed by atoms with Crippen LogP contribution in [0.1, 0.15) is 51.1 Å². The molecule has 5 heteroatoms. The molecule has 2 N–H and O–H groups in total. The molecule has 5 nitrogen and oxygen atoms in total. The quantitative estimate of drug-likeness (QED) is 0.361. The summed E-state index contributed by atoms with van der Waals surface area (Å²) in [5.41, 5.74) is 1.37. The second-order valence-electron chi connectivity index (χ2n) is 6.72. The summed E-state index contributed by atoms with van der Waals surface area (Å²) >= 11 is 0. The molecule has 0 saturated carbocycles. The minimum Gasteiger partial charge on any atom is -0.382 e. The number of unbranched alkanes of at least 4 members (excludes halogenated alkanes) is 1. The number of hydrogen-bond acceptors (Lipinski definition) is 3. The van der Waals surface area contributed by atoms with Gasteiger partial charge in [0.2, 0.25) is 0 Å². The molecule has 1 heterocycles. The summed E-state index contributed by atoms with van der Waals surface area (Å²) in [6, 6.07) is 11.2. The molecule has 2 rings (SSSR count). The van der Waals surface area contributed by atoms with Crippen LogP contribution < -0.4 is 10.6 Å². The molecule has 1 fully saturated rings. The van der Waals surface area contributed by atoms with Crippen LogP contribution in [-0.2, 0) is 4.74 Å². The Morgan fingerprint density at radius 1 is 1.12 bits per heavy atom. The van der Waals surface area contributed by atoms with E-state index >= 15 is 0 Å². The Bertz CT molecular complexity index is 500. The Morgan fingerprint density at radius 3 is 2.58 bits per heavy atom. The zero-order valence-electron chi connectivity index (χ0n) is 16.5. The number of guanidine groups is 1. The lowest BCUT2D eigenvalue weighted by Gasteiger charge is -2.27. The Labute approximate surface area is 159 Å². The van der Waals surface area contributed by atoms with Gasteiger partial charge in [0, 0.05) is 26.3 Å². The molecule has 1 aromatic rings. The van der Waals surface area contributed by atoms with E-state index in [1.807, 2.05) is 6.92 Å². The van der Waals surface area contributed by atoms with Crippen molar-refractivity contribution in [1.29, 1.82) is 0 Å². The number of nitrogens with one attached hydrogen (secondary N) is 2. The second kappa shape index (κ2) is 12.7. The molecular weight excluding hydrogens is 324 g/mol. The van der Waals surface area contributed by atoms with Crippen LogP contribution in [-0.4, -0.2) is 56.8 Å². The summed E-state index contributed by atoms with van der Waals surface area (Å²) in [5, 5.41) is 6.83. The first-order chi connectivity index (χ1) is 12.8. The summed E-state index contributed by atoms with van der Waals surface area (Å²) in [4.78, 5) is 7.46. The van der Waals surface area contributed by atoms with E-state index in [0.29, 0.717) is 6.04 Å². The number of nitrogens with zero attached hydrogens (tertiary/aromatic N) is 2. The molecule has 1 aromatic carbocycles. The van der Waals surface area contributed by atoms with E-state index in [9.17, 15) is 0 Å². The maximum absolute atomic E-state index is 5.39. The van der Waals surface area contributed by atoms with Crippen LogP contribution in [0.4, 0.5) is 0 Å². The molecule has 1 atom stereocenters. The topological polar surface area (TPSA) is 48.9 Å². The van der Waals surface area contributed by atoms with Gasteiger partial charge in [0.15, 0.2) is 5.96 Å². The molecule has 0 radical (unpaired) electrons. The number of likely N-dealkylation sites (tertiary alicyclic amines) is 1. The number of ether oxygens (including phenoxy) is 1. The van der Waals surface area contributed by atoms with Crippen LogP contribution in [0, 0.1) is 0 Å². The third kappa shape index (κ3) is 7.34. The van der Waals surface area contributed by atoms with Crippen LogP contribution in [0.25, 0.3) is 0 Å². The molecule has 26 heavy (non-hydrogen) atoms. The van der Waals surface area contributed by atoms with Gasteiger partial charge in [-0.05, 0) is 58.2 Å². The van der Waals surface area contributed by atoms with Crippen LogP contribution in [0.2, 0.25) is 0 Å². The highest BCUT2D eigenvalue weighted by Gasteiger charge is 2.23. The predicted octanol–water partition coefficient (Wildman–Crippen LogP) is 3.20. The first kappa shape index (κ1) is 20.7. The van der Waals surface area contributed by atoms with Crippen LogP contribution in [0.3, 0.4) is 0 Å². The fourth-order valence-corrected chi connectivity index (χ4v) is 3.36. The Hall–Kier alpha value is -1.59. The van der Waals surface area contributed by atoms with Crippen molar-refractivity contribution in [3.05, 3.63) is 35.9 Å². The molecule has 1 aliphatic heterocycles. The van der Waals surface area contributed by atoms with Crippen LogP contribution >= 0.6 is 0 Å². The number of rotatable bonds is 11. The SMILES string of the molecule is CCNC(=NCC(c1ccccc1)N1CCCC1)NCCCCOCC. The number of aliphatic imine (C=N–C) groups is 1. The summed E-state index contributed by atoms with van der Waals surface area (Å²) in [7, 11) is 0. The van der Waals surface area contributed by atoms with Crippen molar-refractivity contribution in [3.63, 3.8) is 0 Å². The fraction of sp³-hybridized carbons (Fsp3) is 0.667. The van der Waals surface area contributed by atoms with Crippen molar-refractivity contribution in [3.8, 4) is 0 Å². The van der Waals surface area contributed by atoms with Gasteiger partial charge in [0.05, 0.1) is 12.6 Å². The van der Waals surface area contributed by atoms with Gasteiger partial charge in [-0.3, -0.25) is 9.89 Å². The lowest BCUT2D eigenvalue weighted by Crippen LogP contribution is -2.39. The van der Waals surface area contributed by atoms with Gasteiger partial charge in [-0.2, -0.15) is 0 Å². The molecule has 1 unspecified atom stereocenters. The minimum atomic E-state index is 0.368.